The minimum atomic E-state index is -3.04. The SMILES string of the molecule is Fc1cc(I)c(OC(F)F)cc1F. The lowest BCUT2D eigenvalue weighted by atomic mass is 10.3. The molecule has 0 saturated heterocycles. The Labute approximate surface area is 84.8 Å². The van der Waals surface area contributed by atoms with Gasteiger partial charge in [0.2, 0.25) is 0 Å². The standard InChI is InChI=1S/C7H3F4IO/c8-3-1-5(12)6(2-4(3)9)13-7(10)11/h1-2,7H. The van der Waals surface area contributed by atoms with Crippen molar-refractivity contribution in [3.8, 4) is 5.75 Å². The Bertz CT molecular complexity index is 316. The van der Waals surface area contributed by atoms with Gasteiger partial charge in [0.15, 0.2) is 11.6 Å². The minimum absolute atomic E-state index is 0.0943. The van der Waals surface area contributed by atoms with Gasteiger partial charge in [-0.1, -0.05) is 0 Å². The van der Waals surface area contributed by atoms with E-state index in [9.17, 15) is 17.6 Å². The average molecular weight is 306 g/mol. The van der Waals surface area contributed by atoms with Crippen LogP contribution in [0.3, 0.4) is 0 Å². The first-order chi connectivity index (χ1) is 6.00. The molecule has 0 aliphatic rings. The molecule has 0 unspecified atom stereocenters. The van der Waals surface area contributed by atoms with Gasteiger partial charge in [0.05, 0.1) is 3.57 Å². The third kappa shape index (κ3) is 2.71. The molecule has 0 amide bonds. The molecule has 1 rings (SSSR count). The Kier molecular flexibility index (Phi) is 3.34. The van der Waals surface area contributed by atoms with Crippen molar-refractivity contribution in [1.82, 2.24) is 0 Å². The van der Waals surface area contributed by atoms with E-state index in [0.717, 1.165) is 6.07 Å². The maximum absolute atomic E-state index is 12.5. The van der Waals surface area contributed by atoms with Crippen LogP contribution in [0.4, 0.5) is 17.6 Å². The summed E-state index contributed by atoms with van der Waals surface area (Å²) in [7, 11) is 0. The summed E-state index contributed by atoms with van der Waals surface area (Å²) in [5.41, 5.74) is 0. The van der Waals surface area contributed by atoms with E-state index >= 15 is 0 Å². The quantitative estimate of drug-likeness (QED) is 0.463. The van der Waals surface area contributed by atoms with Gasteiger partial charge in [0.25, 0.3) is 0 Å². The van der Waals surface area contributed by atoms with Gasteiger partial charge >= 0.3 is 6.61 Å². The summed E-state index contributed by atoms with van der Waals surface area (Å²) in [6, 6.07) is 1.37. The summed E-state index contributed by atoms with van der Waals surface area (Å²) in [5, 5.41) is 0. The van der Waals surface area contributed by atoms with Gasteiger partial charge in [-0.3, -0.25) is 0 Å². The van der Waals surface area contributed by atoms with E-state index in [0.29, 0.717) is 6.07 Å². The molecule has 6 heteroatoms. The molecule has 0 fully saturated rings. The van der Waals surface area contributed by atoms with Gasteiger partial charge in [-0.2, -0.15) is 8.78 Å². The zero-order chi connectivity index (χ0) is 10.0. The van der Waals surface area contributed by atoms with Crippen molar-refractivity contribution in [1.29, 1.82) is 0 Å². The van der Waals surface area contributed by atoms with Gasteiger partial charge in [-0.05, 0) is 28.7 Å². The van der Waals surface area contributed by atoms with E-state index < -0.39 is 18.2 Å². The molecule has 0 heterocycles. The lowest BCUT2D eigenvalue weighted by Gasteiger charge is -2.06. The number of hydrogen-bond donors (Lipinski definition) is 0. The molecule has 1 nitrogen and oxygen atoms in total. The lowest BCUT2D eigenvalue weighted by Crippen LogP contribution is -2.04. The van der Waals surface area contributed by atoms with Crippen molar-refractivity contribution >= 4 is 22.6 Å². The van der Waals surface area contributed by atoms with Crippen molar-refractivity contribution < 1.29 is 22.3 Å². The predicted molar refractivity (Wildman–Crippen MR) is 45.7 cm³/mol. The zero-order valence-corrected chi connectivity index (χ0v) is 8.19. The highest BCUT2D eigenvalue weighted by atomic mass is 127. The van der Waals surface area contributed by atoms with E-state index in [-0.39, 0.29) is 9.32 Å². The molecule has 0 N–H and O–H groups in total. The molecule has 0 radical (unpaired) electrons. The summed E-state index contributed by atoms with van der Waals surface area (Å²) >= 11 is 1.57. The molecule has 13 heavy (non-hydrogen) atoms. The third-order valence-corrected chi connectivity index (χ3v) is 2.03. The summed E-state index contributed by atoms with van der Waals surface area (Å²) in [5.74, 6) is -2.67. The highest BCUT2D eigenvalue weighted by molar-refractivity contribution is 14.1. The van der Waals surface area contributed by atoms with Crippen LogP contribution < -0.4 is 4.74 Å². The number of hydrogen-bond acceptors (Lipinski definition) is 1. The van der Waals surface area contributed by atoms with Crippen LogP contribution in [0.25, 0.3) is 0 Å². The minimum Gasteiger partial charge on any atom is -0.434 e. The fraction of sp³-hybridized carbons (Fsp3) is 0.143. The smallest absolute Gasteiger partial charge is 0.387 e. The first-order valence-electron chi connectivity index (χ1n) is 3.10. The van der Waals surface area contributed by atoms with Crippen LogP contribution in [0.1, 0.15) is 0 Å². The maximum Gasteiger partial charge on any atom is 0.387 e. The Balaban J connectivity index is 3.01. The molecule has 1 aromatic carbocycles. The molecule has 0 atom stereocenters. The molecule has 0 spiro atoms. The van der Waals surface area contributed by atoms with Crippen LogP contribution >= 0.6 is 22.6 Å². The summed E-state index contributed by atoms with van der Waals surface area (Å²) in [6.07, 6.45) is 0. The van der Waals surface area contributed by atoms with Gasteiger partial charge in [-0.25, -0.2) is 8.78 Å². The molecule has 72 valence electrons. The monoisotopic (exact) mass is 306 g/mol. The highest BCUT2D eigenvalue weighted by Crippen LogP contribution is 2.25. The second-order valence-corrected chi connectivity index (χ2v) is 3.24. The Morgan fingerprint density at radius 3 is 2.23 bits per heavy atom. The van der Waals surface area contributed by atoms with Gasteiger partial charge in [-0.15, -0.1) is 0 Å². The Morgan fingerprint density at radius 2 is 1.69 bits per heavy atom. The number of alkyl halides is 2. The fourth-order valence-corrected chi connectivity index (χ4v) is 1.25. The van der Waals surface area contributed by atoms with E-state index in [1.165, 1.54) is 0 Å². The van der Waals surface area contributed by atoms with Gasteiger partial charge in [0.1, 0.15) is 5.75 Å². The number of rotatable bonds is 2. The molecule has 0 aliphatic heterocycles. The van der Waals surface area contributed by atoms with Gasteiger partial charge < -0.3 is 4.74 Å². The van der Waals surface area contributed by atoms with E-state index in [1.54, 1.807) is 22.6 Å². The molecule has 0 aromatic heterocycles. The van der Waals surface area contributed by atoms with Crippen molar-refractivity contribution in [2.45, 2.75) is 6.61 Å². The molecule has 0 bridgehead atoms. The molecule has 0 aliphatic carbocycles. The van der Waals surface area contributed by atoms with Crippen molar-refractivity contribution in [3.05, 3.63) is 27.3 Å². The number of halogens is 5. The van der Waals surface area contributed by atoms with Crippen molar-refractivity contribution in [3.63, 3.8) is 0 Å². The number of ether oxygens (including phenoxy) is 1. The van der Waals surface area contributed by atoms with Crippen LogP contribution in [0.2, 0.25) is 0 Å². The fourth-order valence-electron chi connectivity index (χ4n) is 0.691. The van der Waals surface area contributed by atoms with Gasteiger partial charge in [0, 0.05) is 6.07 Å². The Hall–Kier alpha value is -0.530. The summed E-state index contributed by atoms with van der Waals surface area (Å²) in [4.78, 5) is 0. The van der Waals surface area contributed by atoms with Crippen LogP contribution in [-0.4, -0.2) is 6.61 Å². The largest absolute Gasteiger partial charge is 0.434 e. The second kappa shape index (κ2) is 4.12. The lowest BCUT2D eigenvalue weighted by molar-refractivity contribution is -0.0506. The summed E-state index contributed by atoms with van der Waals surface area (Å²) in [6.45, 7) is -3.04. The molecular formula is C7H3F4IO. The van der Waals surface area contributed by atoms with Crippen molar-refractivity contribution in [2.75, 3.05) is 0 Å². The maximum atomic E-state index is 12.5. The average Bonchev–Trinajstić information content (AvgIpc) is 1.99. The van der Waals surface area contributed by atoms with E-state index in [1.807, 2.05) is 0 Å². The van der Waals surface area contributed by atoms with Crippen LogP contribution in [0.5, 0.6) is 5.75 Å². The third-order valence-electron chi connectivity index (χ3n) is 1.19. The number of benzene rings is 1. The van der Waals surface area contributed by atoms with Crippen LogP contribution in [0, 0.1) is 15.2 Å². The topological polar surface area (TPSA) is 9.23 Å². The van der Waals surface area contributed by atoms with Crippen molar-refractivity contribution in [2.24, 2.45) is 0 Å². The van der Waals surface area contributed by atoms with Crippen LogP contribution in [0.15, 0.2) is 12.1 Å². The highest BCUT2D eigenvalue weighted by Gasteiger charge is 2.12. The predicted octanol–water partition coefficient (Wildman–Crippen LogP) is 3.17. The van der Waals surface area contributed by atoms with E-state index in [4.69, 9.17) is 0 Å². The van der Waals surface area contributed by atoms with Crippen LogP contribution in [-0.2, 0) is 0 Å². The first kappa shape index (κ1) is 10.6. The first-order valence-corrected chi connectivity index (χ1v) is 4.18. The molecule has 0 saturated carbocycles. The second-order valence-electron chi connectivity index (χ2n) is 2.08. The zero-order valence-electron chi connectivity index (χ0n) is 6.03. The van der Waals surface area contributed by atoms with E-state index in [2.05, 4.69) is 4.74 Å². The normalized spacial score (nSPS) is 10.6. The molecule has 1 aromatic rings. The Morgan fingerprint density at radius 1 is 1.15 bits per heavy atom. The molecular weight excluding hydrogens is 303 g/mol. The summed E-state index contributed by atoms with van der Waals surface area (Å²) < 4.78 is 52.4.